The SMILES string of the molecule is COc1cc(OC)cc(C(=O)NCC(=O)O[C@H](C)C(=O)N[C@@H]2CCC[C@@H](C)[C@H]2C)c1. The fourth-order valence-electron chi connectivity index (χ4n) is 3.57. The van der Waals surface area contributed by atoms with E-state index in [1.54, 1.807) is 6.07 Å². The Balaban J connectivity index is 1.83. The molecule has 8 heteroatoms. The summed E-state index contributed by atoms with van der Waals surface area (Å²) in [6, 6.07) is 4.79. The predicted molar refractivity (Wildman–Crippen MR) is 112 cm³/mol. The molecule has 0 spiro atoms. The zero-order valence-electron chi connectivity index (χ0n) is 18.3. The minimum absolute atomic E-state index is 0.0881. The molecule has 1 saturated carbocycles. The van der Waals surface area contributed by atoms with Gasteiger partial charge in [-0.2, -0.15) is 0 Å². The number of carbonyl (C=O) groups excluding carboxylic acids is 3. The average Bonchev–Trinajstić information content (AvgIpc) is 2.74. The molecule has 0 aromatic heterocycles. The second kappa shape index (κ2) is 10.8. The number of amides is 2. The van der Waals surface area contributed by atoms with E-state index < -0.39 is 18.0 Å². The summed E-state index contributed by atoms with van der Waals surface area (Å²) >= 11 is 0. The van der Waals surface area contributed by atoms with Crippen molar-refractivity contribution in [3.63, 3.8) is 0 Å². The molecule has 1 fully saturated rings. The first-order chi connectivity index (χ1) is 14.2. The van der Waals surface area contributed by atoms with Gasteiger partial charge < -0.3 is 24.8 Å². The fourth-order valence-corrected chi connectivity index (χ4v) is 3.57. The van der Waals surface area contributed by atoms with E-state index in [1.165, 1.54) is 33.3 Å². The van der Waals surface area contributed by atoms with Crippen molar-refractivity contribution in [2.75, 3.05) is 20.8 Å². The minimum Gasteiger partial charge on any atom is -0.497 e. The van der Waals surface area contributed by atoms with Crippen molar-refractivity contribution in [1.82, 2.24) is 10.6 Å². The second-order valence-corrected chi connectivity index (χ2v) is 7.80. The van der Waals surface area contributed by atoms with Crippen LogP contribution in [0.4, 0.5) is 0 Å². The van der Waals surface area contributed by atoms with Crippen LogP contribution in [0.5, 0.6) is 11.5 Å². The molecule has 1 aromatic carbocycles. The van der Waals surface area contributed by atoms with E-state index in [2.05, 4.69) is 24.5 Å². The van der Waals surface area contributed by atoms with Crippen LogP contribution in [0, 0.1) is 11.8 Å². The van der Waals surface area contributed by atoms with Gasteiger partial charge in [-0.25, -0.2) is 0 Å². The van der Waals surface area contributed by atoms with Crippen molar-refractivity contribution in [2.45, 2.75) is 52.2 Å². The summed E-state index contributed by atoms with van der Waals surface area (Å²) in [6.45, 7) is 5.49. The number of nitrogens with one attached hydrogen (secondary N) is 2. The van der Waals surface area contributed by atoms with Gasteiger partial charge in [-0.3, -0.25) is 14.4 Å². The number of hydrogen-bond donors (Lipinski definition) is 2. The summed E-state index contributed by atoms with van der Waals surface area (Å²) in [7, 11) is 2.96. The smallest absolute Gasteiger partial charge is 0.326 e. The molecular formula is C22H32N2O6. The number of methoxy groups -OCH3 is 2. The third kappa shape index (κ3) is 6.37. The minimum atomic E-state index is -0.934. The van der Waals surface area contributed by atoms with E-state index in [-0.39, 0.29) is 24.1 Å². The maximum absolute atomic E-state index is 12.4. The number of carbonyl (C=O) groups is 3. The van der Waals surface area contributed by atoms with Crippen molar-refractivity contribution >= 4 is 17.8 Å². The van der Waals surface area contributed by atoms with E-state index in [9.17, 15) is 14.4 Å². The maximum Gasteiger partial charge on any atom is 0.326 e. The lowest BCUT2D eigenvalue weighted by molar-refractivity contribution is -0.154. The van der Waals surface area contributed by atoms with Crippen LogP contribution in [-0.4, -0.2) is 50.7 Å². The molecule has 2 rings (SSSR count). The van der Waals surface area contributed by atoms with Gasteiger partial charge in [0.1, 0.15) is 18.0 Å². The number of ether oxygens (including phenoxy) is 3. The molecule has 0 aliphatic heterocycles. The summed E-state index contributed by atoms with van der Waals surface area (Å²) in [6.07, 6.45) is 2.23. The molecule has 0 radical (unpaired) electrons. The molecule has 166 valence electrons. The summed E-state index contributed by atoms with van der Waals surface area (Å²) in [5.74, 6) is 0.352. The molecule has 0 bridgehead atoms. The summed E-state index contributed by atoms with van der Waals surface area (Å²) in [5.41, 5.74) is 0.283. The van der Waals surface area contributed by atoms with Gasteiger partial charge in [-0.05, 0) is 37.3 Å². The van der Waals surface area contributed by atoms with Gasteiger partial charge in [0.05, 0.1) is 14.2 Å². The molecular weight excluding hydrogens is 388 g/mol. The lowest BCUT2D eigenvalue weighted by Gasteiger charge is -2.35. The zero-order chi connectivity index (χ0) is 22.3. The quantitative estimate of drug-likeness (QED) is 0.626. The standard InChI is InChI=1S/C22H32N2O6/c1-13-7-6-8-19(14(13)2)24-21(26)15(3)30-20(25)12-23-22(27)16-9-17(28-4)11-18(10-16)29-5/h9-11,13-15,19H,6-8,12H2,1-5H3,(H,23,27)(H,24,26)/t13-,14-,15-,19-/m1/s1. The highest BCUT2D eigenvalue weighted by Crippen LogP contribution is 2.29. The topological polar surface area (TPSA) is 103 Å². The van der Waals surface area contributed by atoms with Crippen molar-refractivity contribution in [3.05, 3.63) is 23.8 Å². The second-order valence-electron chi connectivity index (χ2n) is 7.80. The van der Waals surface area contributed by atoms with Gasteiger partial charge in [-0.1, -0.05) is 26.7 Å². The Labute approximate surface area is 177 Å². The highest BCUT2D eigenvalue weighted by atomic mass is 16.5. The molecule has 4 atom stereocenters. The Bertz CT molecular complexity index is 744. The van der Waals surface area contributed by atoms with Gasteiger partial charge in [0, 0.05) is 17.7 Å². The molecule has 2 N–H and O–H groups in total. The van der Waals surface area contributed by atoms with Crippen molar-refractivity contribution in [2.24, 2.45) is 11.8 Å². The first-order valence-corrected chi connectivity index (χ1v) is 10.3. The summed E-state index contributed by atoms with van der Waals surface area (Å²) in [4.78, 5) is 36.8. The highest BCUT2D eigenvalue weighted by molar-refractivity contribution is 5.97. The van der Waals surface area contributed by atoms with Crippen molar-refractivity contribution in [3.8, 4) is 11.5 Å². The predicted octanol–water partition coefficient (Wildman–Crippen LogP) is 2.31. The van der Waals surface area contributed by atoms with E-state index in [0.29, 0.717) is 23.3 Å². The molecule has 0 saturated heterocycles. The third-order valence-corrected chi connectivity index (χ3v) is 5.72. The maximum atomic E-state index is 12.4. The van der Waals surface area contributed by atoms with Crippen LogP contribution < -0.4 is 20.1 Å². The van der Waals surface area contributed by atoms with Gasteiger partial charge in [-0.15, -0.1) is 0 Å². The van der Waals surface area contributed by atoms with E-state index >= 15 is 0 Å². The fraction of sp³-hybridized carbons (Fsp3) is 0.591. The van der Waals surface area contributed by atoms with E-state index in [1.807, 2.05) is 0 Å². The molecule has 2 amide bonds. The molecule has 30 heavy (non-hydrogen) atoms. The number of hydrogen-bond acceptors (Lipinski definition) is 6. The van der Waals surface area contributed by atoms with E-state index in [0.717, 1.165) is 19.3 Å². The average molecular weight is 421 g/mol. The Morgan fingerprint density at radius 3 is 2.30 bits per heavy atom. The van der Waals surface area contributed by atoms with E-state index in [4.69, 9.17) is 14.2 Å². The van der Waals surface area contributed by atoms with Gasteiger partial charge >= 0.3 is 5.97 Å². The van der Waals surface area contributed by atoms with Crippen LogP contribution in [0.2, 0.25) is 0 Å². The third-order valence-electron chi connectivity index (χ3n) is 5.72. The number of rotatable bonds is 8. The zero-order valence-corrected chi connectivity index (χ0v) is 18.3. The molecule has 1 aliphatic rings. The summed E-state index contributed by atoms with van der Waals surface area (Å²) < 4.78 is 15.4. The van der Waals surface area contributed by atoms with Crippen LogP contribution in [0.1, 0.15) is 50.4 Å². The molecule has 8 nitrogen and oxygen atoms in total. The van der Waals surface area contributed by atoms with Crippen LogP contribution in [0.3, 0.4) is 0 Å². The van der Waals surface area contributed by atoms with Crippen LogP contribution >= 0.6 is 0 Å². The molecule has 1 aromatic rings. The number of benzene rings is 1. The Morgan fingerprint density at radius 2 is 1.70 bits per heavy atom. The van der Waals surface area contributed by atoms with Crippen molar-refractivity contribution < 1.29 is 28.6 Å². The Hall–Kier alpha value is -2.77. The number of esters is 1. The summed E-state index contributed by atoms with van der Waals surface area (Å²) in [5, 5.41) is 5.47. The first-order valence-electron chi connectivity index (χ1n) is 10.3. The van der Waals surface area contributed by atoms with Gasteiger partial charge in [0.2, 0.25) is 0 Å². The lowest BCUT2D eigenvalue weighted by Crippen LogP contribution is -2.48. The first kappa shape index (κ1) is 23.5. The van der Waals surface area contributed by atoms with Gasteiger partial charge in [0.15, 0.2) is 6.10 Å². The van der Waals surface area contributed by atoms with Crippen LogP contribution in [0.15, 0.2) is 18.2 Å². The highest BCUT2D eigenvalue weighted by Gasteiger charge is 2.30. The van der Waals surface area contributed by atoms with Crippen LogP contribution in [0.25, 0.3) is 0 Å². The van der Waals surface area contributed by atoms with Crippen LogP contribution in [-0.2, 0) is 14.3 Å². The Kier molecular flexibility index (Phi) is 8.50. The monoisotopic (exact) mass is 420 g/mol. The van der Waals surface area contributed by atoms with Crippen molar-refractivity contribution in [1.29, 1.82) is 0 Å². The van der Waals surface area contributed by atoms with Gasteiger partial charge in [0.25, 0.3) is 11.8 Å². The Morgan fingerprint density at radius 1 is 1.07 bits per heavy atom. The largest absolute Gasteiger partial charge is 0.497 e. The molecule has 0 heterocycles. The molecule has 0 unspecified atom stereocenters. The molecule has 1 aliphatic carbocycles. The normalized spacial score (nSPS) is 21.8. The lowest BCUT2D eigenvalue weighted by atomic mass is 9.78.